The molecule has 0 aliphatic heterocycles. The molecule has 1 heterocycles. The second-order valence-electron chi connectivity index (χ2n) is 7.11. The van der Waals surface area contributed by atoms with Crippen molar-refractivity contribution in [1.29, 1.82) is 0 Å². The van der Waals surface area contributed by atoms with Gasteiger partial charge in [-0.3, -0.25) is 4.98 Å². The molecule has 30 heavy (non-hydrogen) atoms. The fraction of sp³-hybridized carbons (Fsp3) is 0.222. The van der Waals surface area contributed by atoms with Crippen LogP contribution in [0.2, 0.25) is 0 Å². The lowest BCUT2D eigenvalue weighted by Gasteiger charge is -2.06. The number of unbranched alkanes of at least 4 members (excludes halogenated alkanes) is 1. The van der Waals surface area contributed by atoms with Gasteiger partial charge in [0, 0.05) is 29.3 Å². The molecule has 2 aromatic carbocycles. The normalized spacial score (nSPS) is 11.3. The van der Waals surface area contributed by atoms with Crippen LogP contribution in [0.1, 0.15) is 31.7 Å². The lowest BCUT2D eigenvalue weighted by Crippen LogP contribution is -1.92. The molecule has 3 rings (SSSR count). The Morgan fingerprint density at radius 1 is 1.00 bits per heavy atom. The molecule has 152 valence electrons. The van der Waals surface area contributed by atoms with E-state index in [1.807, 2.05) is 48.7 Å². The van der Waals surface area contributed by atoms with E-state index in [0.29, 0.717) is 13.0 Å². The Morgan fingerprint density at radius 3 is 2.33 bits per heavy atom. The average Bonchev–Trinajstić information content (AvgIpc) is 2.78. The summed E-state index contributed by atoms with van der Waals surface area (Å²) < 4.78 is 18.3. The quantitative estimate of drug-likeness (QED) is 0.234. The van der Waals surface area contributed by atoms with E-state index < -0.39 is 6.17 Å². The second-order valence-corrected chi connectivity index (χ2v) is 7.11. The molecule has 0 N–H and O–H groups in total. The molecule has 2 nitrogen and oxygen atoms in total. The summed E-state index contributed by atoms with van der Waals surface area (Å²) >= 11 is 0. The van der Waals surface area contributed by atoms with Gasteiger partial charge in [-0.1, -0.05) is 42.7 Å². The van der Waals surface area contributed by atoms with Crippen LogP contribution in [0.5, 0.6) is 5.75 Å². The SMILES string of the molecule is C=CCOc1ccc(-c2ccc(-c3ccc(C#CCCCC(C)F)cc3)cn2)cc1. The lowest BCUT2D eigenvalue weighted by atomic mass is 10.0. The van der Waals surface area contributed by atoms with Gasteiger partial charge in [-0.2, -0.15) is 0 Å². The summed E-state index contributed by atoms with van der Waals surface area (Å²) in [6, 6.07) is 20.1. The topological polar surface area (TPSA) is 22.1 Å². The Bertz CT molecular complexity index is 994. The van der Waals surface area contributed by atoms with Crippen LogP contribution in [0, 0.1) is 11.8 Å². The third kappa shape index (κ3) is 6.32. The first-order valence-electron chi connectivity index (χ1n) is 10.2. The molecular formula is C27H26FNO. The number of hydrogen-bond donors (Lipinski definition) is 0. The minimum Gasteiger partial charge on any atom is -0.490 e. The Labute approximate surface area is 178 Å². The first-order valence-corrected chi connectivity index (χ1v) is 10.2. The maximum absolute atomic E-state index is 12.8. The van der Waals surface area contributed by atoms with Crippen LogP contribution >= 0.6 is 0 Å². The molecule has 0 spiro atoms. The van der Waals surface area contributed by atoms with Crippen LogP contribution in [-0.4, -0.2) is 17.8 Å². The zero-order valence-corrected chi connectivity index (χ0v) is 17.3. The summed E-state index contributed by atoms with van der Waals surface area (Å²) in [5.41, 5.74) is 5.08. The highest BCUT2D eigenvalue weighted by atomic mass is 19.1. The standard InChI is InChI=1S/C27H26FNO/c1-3-19-30-26-16-13-24(14-17-26)27-18-15-25(20-29-27)23-11-9-22(10-12-23)8-6-4-5-7-21(2)28/h3,9-18,20-21H,1,4-5,7,19H2,2H3. The maximum atomic E-state index is 12.8. The van der Waals surface area contributed by atoms with Gasteiger partial charge >= 0.3 is 0 Å². The molecule has 0 radical (unpaired) electrons. The first kappa shape index (κ1) is 21.3. The van der Waals surface area contributed by atoms with Crippen LogP contribution in [0.3, 0.4) is 0 Å². The van der Waals surface area contributed by atoms with E-state index in [1.165, 1.54) is 0 Å². The number of ether oxygens (including phenoxy) is 1. The van der Waals surface area contributed by atoms with E-state index in [2.05, 4.69) is 41.6 Å². The number of alkyl halides is 1. The third-order valence-electron chi connectivity index (χ3n) is 4.64. The highest BCUT2D eigenvalue weighted by molar-refractivity contribution is 5.67. The maximum Gasteiger partial charge on any atom is 0.119 e. The molecule has 1 atom stereocenters. The Kier molecular flexibility index (Phi) is 7.80. The van der Waals surface area contributed by atoms with Crippen molar-refractivity contribution < 1.29 is 9.13 Å². The molecule has 0 aliphatic rings. The molecule has 1 aromatic heterocycles. The van der Waals surface area contributed by atoms with Gasteiger partial charge < -0.3 is 4.74 Å². The van der Waals surface area contributed by atoms with Crippen molar-refractivity contribution in [2.24, 2.45) is 0 Å². The molecule has 0 amide bonds. The summed E-state index contributed by atoms with van der Waals surface area (Å²) in [6.07, 6.45) is 4.96. The minimum atomic E-state index is -0.748. The van der Waals surface area contributed by atoms with Gasteiger partial charge in [0.1, 0.15) is 12.4 Å². The Morgan fingerprint density at radius 2 is 1.70 bits per heavy atom. The Balaban J connectivity index is 1.62. The van der Waals surface area contributed by atoms with Crippen LogP contribution < -0.4 is 4.74 Å². The van der Waals surface area contributed by atoms with E-state index in [0.717, 1.165) is 46.5 Å². The van der Waals surface area contributed by atoms with Crippen molar-refractivity contribution in [3.63, 3.8) is 0 Å². The highest BCUT2D eigenvalue weighted by Crippen LogP contribution is 2.24. The monoisotopic (exact) mass is 399 g/mol. The van der Waals surface area contributed by atoms with Gasteiger partial charge in [0.2, 0.25) is 0 Å². The molecule has 0 aliphatic carbocycles. The summed E-state index contributed by atoms with van der Waals surface area (Å²) in [6.45, 7) is 5.73. The molecule has 1 unspecified atom stereocenters. The van der Waals surface area contributed by atoms with Gasteiger partial charge in [0.25, 0.3) is 0 Å². The van der Waals surface area contributed by atoms with Gasteiger partial charge in [-0.05, 0) is 67.8 Å². The minimum absolute atomic E-state index is 0.495. The third-order valence-corrected chi connectivity index (χ3v) is 4.64. The fourth-order valence-electron chi connectivity index (χ4n) is 2.99. The predicted molar refractivity (Wildman–Crippen MR) is 122 cm³/mol. The smallest absolute Gasteiger partial charge is 0.119 e. The van der Waals surface area contributed by atoms with Crippen molar-refractivity contribution in [2.45, 2.75) is 32.4 Å². The van der Waals surface area contributed by atoms with Crippen LogP contribution in [-0.2, 0) is 0 Å². The second kappa shape index (κ2) is 11.0. The average molecular weight is 400 g/mol. The van der Waals surface area contributed by atoms with Crippen molar-refractivity contribution in [2.75, 3.05) is 6.61 Å². The zero-order valence-electron chi connectivity index (χ0n) is 17.3. The van der Waals surface area contributed by atoms with E-state index in [1.54, 1.807) is 13.0 Å². The van der Waals surface area contributed by atoms with Crippen molar-refractivity contribution in [3.8, 4) is 40.0 Å². The highest BCUT2D eigenvalue weighted by Gasteiger charge is 2.03. The van der Waals surface area contributed by atoms with E-state index in [4.69, 9.17) is 4.74 Å². The first-order chi connectivity index (χ1) is 14.7. The van der Waals surface area contributed by atoms with Crippen molar-refractivity contribution in [3.05, 3.63) is 85.1 Å². The van der Waals surface area contributed by atoms with Crippen LogP contribution in [0.4, 0.5) is 4.39 Å². The molecular weight excluding hydrogens is 373 g/mol. The van der Waals surface area contributed by atoms with Gasteiger partial charge in [-0.25, -0.2) is 4.39 Å². The number of pyridine rings is 1. The summed E-state index contributed by atoms with van der Waals surface area (Å²) in [4.78, 5) is 4.61. The summed E-state index contributed by atoms with van der Waals surface area (Å²) in [7, 11) is 0. The molecule has 0 fully saturated rings. The number of benzene rings is 2. The largest absolute Gasteiger partial charge is 0.490 e. The molecule has 3 aromatic rings. The van der Waals surface area contributed by atoms with Crippen molar-refractivity contribution >= 4 is 0 Å². The summed E-state index contributed by atoms with van der Waals surface area (Å²) in [5.74, 6) is 7.07. The van der Waals surface area contributed by atoms with Gasteiger partial charge in [0.05, 0.1) is 11.9 Å². The lowest BCUT2D eigenvalue weighted by molar-refractivity contribution is 0.336. The van der Waals surface area contributed by atoms with E-state index in [9.17, 15) is 4.39 Å². The fourth-order valence-corrected chi connectivity index (χ4v) is 2.99. The zero-order chi connectivity index (χ0) is 21.2. The van der Waals surface area contributed by atoms with Crippen LogP contribution in [0.25, 0.3) is 22.4 Å². The molecule has 3 heteroatoms. The van der Waals surface area contributed by atoms with Crippen molar-refractivity contribution in [1.82, 2.24) is 4.98 Å². The number of rotatable bonds is 8. The Hall–Kier alpha value is -3.38. The van der Waals surface area contributed by atoms with Crippen LogP contribution in [0.15, 0.2) is 79.5 Å². The number of aromatic nitrogens is 1. The van der Waals surface area contributed by atoms with Gasteiger partial charge in [0.15, 0.2) is 0 Å². The summed E-state index contributed by atoms with van der Waals surface area (Å²) in [5, 5.41) is 0. The predicted octanol–water partition coefficient (Wildman–Crippen LogP) is 6.86. The molecule has 0 saturated heterocycles. The van der Waals surface area contributed by atoms with E-state index in [-0.39, 0.29) is 0 Å². The molecule has 0 saturated carbocycles. The number of halogens is 1. The number of hydrogen-bond acceptors (Lipinski definition) is 2. The van der Waals surface area contributed by atoms with Gasteiger partial charge in [-0.15, -0.1) is 0 Å². The molecule has 0 bridgehead atoms. The number of nitrogens with zero attached hydrogens (tertiary/aromatic N) is 1. The van der Waals surface area contributed by atoms with E-state index >= 15 is 0 Å².